The number of halogens is 11. The van der Waals surface area contributed by atoms with Crippen molar-refractivity contribution in [1.82, 2.24) is 0 Å². The number of rotatable bonds is 9. The van der Waals surface area contributed by atoms with E-state index in [-0.39, 0.29) is 0 Å². The quantitative estimate of drug-likeness (QED) is 0.137. The van der Waals surface area contributed by atoms with Gasteiger partial charge in [-0.3, -0.25) is 0 Å². The summed E-state index contributed by atoms with van der Waals surface area (Å²) in [5.74, 6) is -14.7. The maximum atomic E-state index is 14.8. The summed E-state index contributed by atoms with van der Waals surface area (Å²) in [6.07, 6.45) is -5.24. The maximum Gasteiger partial charge on any atom is 0.398 e. The van der Waals surface area contributed by atoms with E-state index in [1.165, 1.54) is 0 Å². The van der Waals surface area contributed by atoms with Gasteiger partial charge in [-0.25, -0.2) is 39.5 Å². The first-order chi connectivity index (χ1) is 19.7. The van der Waals surface area contributed by atoms with Crippen LogP contribution in [0.15, 0.2) is 48.5 Å². The van der Waals surface area contributed by atoms with Crippen LogP contribution in [0.5, 0.6) is 5.75 Å². The third kappa shape index (κ3) is 6.52. The molecule has 0 spiro atoms. The fourth-order valence-corrected chi connectivity index (χ4v) is 4.40. The SMILES string of the molecule is CCCc1cc(F)c(CCC(F)(F)Oc2cc(F)c(-c3cc(F)c(-c4cc(F)c(F)c(F)c4)c(F)c3)c(F)c2)c(F)c1. The number of aryl methyl sites for hydroxylation is 1. The van der Waals surface area contributed by atoms with E-state index in [4.69, 9.17) is 0 Å². The molecule has 4 aromatic carbocycles. The Bertz CT molecular complexity index is 1560. The van der Waals surface area contributed by atoms with E-state index in [2.05, 4.69) is 4.74 Å². The van der Waals surface area contributed by atoms with Gasteiger partial charge in [0.1, 0.15) is 40.7 Å². The first-order valence-corrected chi connectivity index (χ1v) is 12.4. The highest BCUT2D eigenvalue weighted by Crippen LogP contribution is 2.37. The summed E-state index contributed by atoms with van der Waals surface area (Å²) in [6.45, 7) is 1.79. The van der Waals surface area contributed by atoms with Crippen LogP contribution in [0.4, 0.5) is 48.3 Å². The highest BCUT2D eigenvalue weighted by atomic mass is 19.3. The fraction of sp³-hybridized carbons (Fsp3) is 0.200. The summed E-state index contributed by atoms with van der Waals surface area (Å²) in [4.78, 5) is 0. The van der Waals surface area contributed by atoms with Crippen LogP contribution in [0.1, 0.15) is 30.9 Å². The van der Waals surface area contributed by atoms with Gasteiger partial charge in [-0.2, -0.15) is 8.78 Å². The number of benzene rings is 4. The molecular formula is C30H19F11O. The molecule has 0 saturated heterocycles. The van der Waals surface area contributed by atoms with E-state index in [0.717, 1.165) is 12.1 Å². The molecule has 0 heterocycles. The van der Waals surface area contributed by atoms with Gasteiger partial charge in [-0.05, 0) is 65.9 Å². The second-order valence-electron chi connectivity index (χ2n) is 9.36. The summed E-state index contributed by atoms with van der Waals surface area (Å²) in [5.41, 5.74) is -3.84. The average molecular weight is 604 g/mol. The molecule has 1 nitrogen and oxygen atoms in total. The van der Waals surface area contributed by atoms with Crippen LogP contribution >= 0.6 is 0 Å². The lowest BCUT2D eigenvalue weighted by molar-refractivity contribution is -0.180. The van der Waals surface area contributed by atoms with Gasteiger partial charge in [0.2, 0.25) is 0 Å². The summed E-state index contributed by atoms with van der Waals surface area (Å²) >= 11 is 0. The minimum absolute atomic E-state index is 0.307. The molecule has 0 fully saturated rings. The predicted octanol–water partition coefficient (Wildman–Crippen LogP) is 9.83. The lowest BCUT2D eigenvalue weighted by Gasteiger charge is -2.19. The van der Waals surface area contributed by atoms with Gasteiger partial charge in [0.15, 0.2) is 17.5 Å². The summed E-state index contributed by atoms with van der Waals surface area (Å²) in [6, 6.07) is 4.14. The van der Waals surface area contributed by atoms with Crippen LogP contribution in [0.2, 0.25) is 0 Å². The molecular weight excluding hydrogens is 585 g/mol. The van der Waals surface area contributed by atoms with Gasteiger partial charge in [0, 0.05) is 17.7 Å². The van der Waals surface area contributed by atoms with Crippen molar-refractivity contribution in [3.63, 3.8) is 0 Å². The van der Waals surface area contributed by atoms with Crippen molar-refractivity contribution >= 4 is 0 Å². The van der Waals surface area contributed by atoms with Gasteiger partial charge in [-0.1, -0.05) is 13.3 Å². The van der Waals surface area contributed by atoms with Crippen LogP contribution in [0.3, 0.4) is 0 Å². The van der Waals surface area contributed by atoms with Crippen LogP contribution in [0, 0.1) is 52.4 Å². The van der Waals surface area contributed by atoms with Crippen molar-refractivity contribution in [2.75, 3.05) is 0 Å². The molecule has 0 atom stereocenters. The van der Waals surface area contributed by atoms with Crippen LogP contribution in [-0.2, 0) is 12.8 Å². The van der Waals surface area contributed by atoms with Crippen molar-refractivity contribution in [1.29, 1.82) is 0 Å². The van der Waals surface area contributed by atoms with Gasteiger partial charge in [-0.15, -0.1) is 0 Å². The van der Waals surface area contributed by atoms with Crippen molar-refractivity contribution in [3.05, 3.63) is 112 Å². The maximum absolute atomic E-state index is 14.8. The Kier molecular flexibility index (Phi) is 8.84. The second-order valence-corrected chi connectivity index (χ2v) is 9.36. The lowest BCUT2D eigenvalue weighted by atomic mass is 9.98. The van der Waals surface area contributed by atoms with Gasteiger partial charge in [0.25, 0.3) is 0 Å². The monoisotopic (exact) mass is 604 g/mol. The predicted molar refractivity (Wildman–Crippen MR) is 131 cm³/mol. The molecule has 0 N–H and O–H groups in total. The number of hydrogen-bond acceptors (Lipinski definition) is 1. The van der Waals surface area contributed by atoms with Crippen molar-refractivity contribution in [2.24, 2.45) is 0 Å². The first kappa shape index (κ1) is 30.9. The van der Waals surface area contributed by atoms with Crippen molar-refractivity contribution in [3.8, 4) is 28.0 Å². The Balaban J connectivity index is 1.57. The molecule has 0 saturated carbocycles. The van der Waals surface area contributed by atoms with E-state index >= 15 is 0 Å². The third-order valence-electron chi connectivity index (χ3n) is 6.29. The molecule has 0 aliphatic carbocycles. The topological polar surface area (TPSA) is 9.23 Å². The second kappa shape index (κ2) is 12.0. The van der Waals surface area contributed by atoms with E-state index in [0.29, 0.717) is 54.8 Å². The summed E-state index contributed by atoms with van der Waals surface area (Å²) in [7, 11) is 0. The number of ether oxygens (including phenoxy) is 1. The normalized spacial score (nSPS) is 11.7. The fourth-order valence-electron chi connectivity index (χ4n) is 4.40. The number of hydrogen-bond donors (Lipinski definition) is 0. The smallest absolute Gasteiger partial charge is 0.398 e. The standard InChI is InChI=1S/C30H19F11O/c1-2-3-14-6-19(31)18(20(32)7-14)4-5-30(40,41)42-17-12-23(35)28(24(36)13-17)15-8-21(33)27(22(34)9-15)16-10-25(37)29(39)26(38)11-16/h6-13H,2-5H2,1H3. The Morgan fingerprint density at radius 2 is 0.976 bits per heavy atom. The lowest BCUT2D eigenvalue weighted by Crippen LogP contribution is -2.26. The Hall–Kier alpha value is -4.09. The minimum Gasteiger partial charge on any atom is -0.432 e. The molecule has 4 rings (SSSR count). The molecule has 0 radical (unpaired) electrons. The minimum atomic E-state index is -4.14. The average Bonchev–Trinajstić information content (AvgIpc) is 2.85. The molecule has 222 valence electrons. The zero-order chi connectivity index (χ0) is 30.9. The summed E-state index contributed by atoms with van der Waals surface area (Å²) in [5, 5.41) is 0. The highest BCUT2D eigenvalue weighted by molar-refractivity contribution is 5.73. The van der Waals surface area contributed by atoms with Gasteiger partial charge < -0.3 is 4.74 Å². The third-order valence-corrected chi connectivity index (χ3v) is 6.29. The molecule has 0 amide bonds. The zero-order valence-electron chi connectivity index (χ0n) is 21.5. The van der Waals surface area contributed by atoms with Crippen LogP contribution < -0.4 is 4.74 Å². The Labute approximate surface area is 232 Å². The van der Waals surface area contributed by atoms with Gasteiger partial charge in [0.05, 0.1) is 17.5 Å². The molecule has 0 aliphatic rings. The Morgan fingerprint density at radius 3 is 1.43 bits per heavy atom. The van der Waals surface area contributed by atoms with Crippen molar-refractivity contribution < 1.29 is 53.0 Å². The molecule has 0 unspecified atom stereocenters. The molecule has 42 heavy (non-hydrogen) atoms. The van der Waals surface area contributed by atoms with E-state index in [1.807, 2.05) is 0 Å². The van der Waals surface area contributed by atoms with E-state index < -0.39 is 105 Å². The molecule has 0 bridgehead atoms. The zero-order valence-corrected chi connectivity index (χ0v) is 21.5. The first-order valence-electron chi connectivity index (χ1n) is 12.4. The summed E-state index contributed by atoms with van der Waals surface area (Å²) < 4.78 is 161. The number of alkyl halides is 2. The molecule has 4 aromatic rings. The Morgan fingerprint density at radius 1 is 0.548 bits per heavy atom. The van der Waals surface area contributed by atoms with Crippen molar-refractivity contribution in [2.45, 2.75) is 38.7 Å². The molecule has 0 aromatic heterocycles. The van der Waals surface area contributed by atoms with E-state index in [9.17, 15) is 48.3 Å². The van der Waals surface area contributed by atoms with Crippen LogP contribution in [-0.4, -0.2) is 6.11 Å². The highest BCUT2D eigenvalue weighted by Gasteiger charge is 2.33. The van der Waals surface area contributed by atoms with E-state index in [1.54, 1.807) is 6.92 Å². The van der Waals surface area contributed by atoms with Gasteiger partial charge >= 0.3 is 6.11 Å². The largest absolute Gasteiger partial charge is 0.432 e. The molecule has 12 heteroatoms. The molecule has 0 aliphatic heterocycles. The van der Waals surface area contributed by atoms with Crippen LogP contribution in [0.25, 0.3) is 22.3 Å².